The number of halogens is 2. The lowest BCUT2D eigenvalue weighted by molar-refractivity contribution is -0.139. The molecule has 7 heteroatoms. The number of fused-ring (bicyclic) bond motifs is 1. The SMILES string of the molecule is Br.CCOC(=O)C1=C(C)N=C2SC=C(c3ccc(F)cc3)N2C1c1ccccc1. The molecule has 0 fully saturated rings. The van der Waals surface area contributed by atoms with Crippen LogP contribution >= 0.6 is 28.7 Å². The van der Waals surface area contributed by atoms with Crippen LogP contribution in [-0.2, 0) is 9.53 Å². The van der Waals surface area contributed by atoms with Crippen molar-refractivity contribution in [1.82, 2.24) is 4.90 Å². The van der Waals surface area contributed by atoms with Gasteiger partial charge in [-0.25, -0.2) is 14.2 Å². The minimum Gasteiger partial charge on any atom is -0.463 e. The van der Waals surface area contributed by atoms with Crippen LogP contribution in [0.15, 0.2) is 76.3 Å². The summed E-state index contributed by atoms with van der Waals surface area (Å²) >= 11 is 1.50. The molecule has 0 saturated carbocycles. The van der Waals surface area contributed by atoms with Crippen LogP contribution in [0.5, 0.6) is 0 Å². The quantitative estimate of drug-likeness (QED) is 0.533. The van der Waals surface area contributed by atoms with Crippen LogP contribution in [-0.4, -0.2) is 22.6 Å². The molecule has 4 rings (SSSR count). The highest BCUT2D eigenvalue weighted by Crippen LogP contribution is 2.46. The summed E-state index contributed by atoms with van der Waals surface area (Å²) in [7, 11) is 0. The highest BCUT2D eigenvalue weighted by molar-refractivity contribution is 8.93. The zero-order chi connectivity index (χ0) is 19.7. The molecule has 0 amide bonds. The van der Waals surface area contributed by atoms with E-state index in [0.29, 0.717) is 17.9 Å². The first kappa shape index (κ1) is 21.3. The molecule has 0 spiro atoms. The average Bonchev–Trinajstić information content (AvgIpc) is 3.11. The number of rotatable bonds is 4. The largest absolute Gasteiger partial charge is 0.463 e. The van der Waals surface area contributed by atoms with Gasteiger partial charge in [-0.2, -0.15) is 0 Å². The Morgan fingerprint density at radius 3 is 2.52 bits per heavy atom. The molecule has 2 aliphatic rings. The maximum atomic E-state index is 13.4. The smallest absolute Gasteiger partial charge is 0.338 e. The number of thioether (sulfide) groups is 1. The third-order valence-electron chi connectivity index (χ3n) is 4.68. The van der Waals surface area contributed by atoms with Crippen LogP contribution in [0.3, 0.4) is 0 Å². The van der Waals surface area contributed by atoms with Gasteiger partial charge in [0.1, 0.15) is 5.82 Å². The van der Waals surface area contributed by atoms with E-state index in [1.54, 1.807) is 19.1 Å². The predicted octanol–water partition coefficient (Wildman–Crippen LogP) is 5.70. The van der Waals surface area contributed by atoms with Crippen molar-refractivity contribution >= 4 is 45.6 Å². The minimum absolute atomic E-state index is 0. The number of hydrogen-bond acceptors (Lipinski definition) is 5. The molecule has 0 aliphatic carbocycles. The highest BCUT2D eigenvalue weighted by Gasteiger charge is 2.40. The maximum Gasteiger partial charge on any atom is 0.338 e. The Balaban J connectivity index is 0.00000240. The van der Waals surface area contributed by atoms with Crippen molar-refractivity contribution in [2.24, 2.45) is 4.99 Å². The van der Waals surface area contributed by atoms with E-state index < -0.39 is 0 Å². The Labute approximate surface area is 183 Å². The van der Waals surface area contributed by atoms with Crippen molar-refractivity contribution in [2.45, 2.75) is 19.9 Å². The molecule has 4 nitrogen and oxygen atoms in total. The van der Waals surface area contributed by atoms with E-state index >= 15 is 0 Å². The van der Waals surface area contributed by atoms with Crippen molar-refractivity contribution in [1.29, 1.82) is 0 Å². The minimum atomic E-state index is -0.369. The monoisotopic (exact) mass is 474 g/mol. The third-order valence-corrected chi connectivity index (χ3v) is 5.52. The Morgan fingerprint density at radius 1 is 1.17 bits per heavy atom. The number of benzene rings is 2. The number of ether oxygens (including phenoxy) is 1. The van der Waals surface area contributed by atoms with Crippen LogP contribution in [0, 0.1) is 5.82 Å². The summed E-state index contributed by atoms with van der Waals surface area (Å²) in [5.74, 6) is -0.655. The number of nitrogens with zero attached hydrogens (tertiary/aromatic N) is 2. The zero-order valence-corrected chi connectivity index (χ0v) is 18.5. The van der Waals surface area contributed by atoms with Crippen LogP contribution in [0.4, 0.5) is 4.39 Å². The summed E-state index contributed by atoms with van der Waals surface area (Å²) in [6, 6.07) is 15.8. The lowest BCUT2D eigenvalue weighted by Gasteiger charge is -2.36. The fourth-order valence-electron chi connectivity index (χ4n) is 3.43. The molecule has 0 radical (unpaired) electrons. The molecule has 2 aromatic rings. The molecule has 1 atom stereocenters. The van der Waals surface area contributed by atoms with E-state index in [2.05, 4.69) is 4.99 Å². The molecule has 2 aliphatic heterocycles. The summed E-state index contributed by atoms with van der Waals surface area (Å²) in [6.07, 6.45) is 0. The van der Waals surface area contributed by atoms with Gasteiger partial charge in [0.05, 0.1) is 29.6 Å². The van der Waals surface area contributed by atoms with E-state index in [0.717, 1.165) is 22.0 Å². The van der Waals surface area contributed by atoms with Gasteiger partial charge in [0.25, 0.3) is 0 Å². The molecule has 150 valence electrons. The van der Waals surface area contributed by atoms with Gasteiger partial charge in [0, 0.05) is 5.41 Å². The topological polar surface area (TPSA) is 41.9 Å². The van der Waals surface area contributed by atoms with Crippen LogP contribution in [0.2, 0.25) is 0 Å². The van der Waals surface area contributed by atoms with Gasteiger partial charge in [-0.05, 0) is 49.2 Å². The summed E-state index contributed by atoms with van der Waals surface area (Å²) < 4.78 is 18.8. The highest BCUT2D eigenvalue weighted by atomic mass is 79.9. The molecular weight excluding hydrogens is 455 g/mol. The number of allylic oxidation sites excluding steroid dienone is 1. The number of aliphatic imine (C=N–C) groups is 1. The predicted molar refractivity (Wildman–Crippen MR) is 120 cm³/mol. The van der Waals surface area contributed by atoms with Crippen LogP contribution in [0.25, 0.3) is 5.70 Å². The molecule has 0 aromatic heterocycles. The Hall–Kier alpha value is -2.38. The third kappa shape index (κ3) is 4.02. The van der Waals surface area contributed by atoms with Gasteiger partial charge in [-0.15, -0.1) is 17.0 Å². The zero-order valence-electron chi connectivity index (χ0n) is 16.0. The number of carbonyl (C=O) groups excluding carboxylic acids is 1. The van der Waals surface area contributed by atoms with Gasteiger partial charge in [0.15, 0.2) is 5.17 Å². The normalized spacial score (nSPS) is 17.9. The Kier molecular flexibility index (Phi) is 6.59. The first-order chi connectivity index (χ1) is 13.6. The van der Waals surface area contributed by atoms with Crippen molar-refractivity contribution in [3.05, 3.63) is 88.2 Å². The second kappa shape index (κ2) is 8.97. The van der Waals surface area contributed by atoms with Crippen molar-refractivity contribution in [3.63, 3.8) is 0 Å². The summed E-state index contributed by atoms with van der Waals surface area (Å²) in [5.41, 5.74) is 3.88. The maximum absolute atomic E-state index is 13.4. The van der Waals surface area contributed by atoms with E-state index in [1.807, 2.05) is 47.6 Å². The lowest BCUT2D eigenvalue weighted by atomic mass is 9.93. The van der Waals surface area contributed by atoms with Gasteiger partial charge in [-0.3, -0.25) is 0 Å². The Morgan fingerprint density at radius 2 is 1.86 bits per heavy atom. The van der Waals surface area contributed by atoms with Gasteiger partial charge in [-0.1, -0.05) is 42.1 Å². The number of carbonyl (C=O) groups is 1. The van der Waals surface area contributed by atoms with Gasteiger partial charge < -0.3 is 9.64 Å². The molecule has 29 heavy (non-hydrogen) atoms. The number of esters is 1. The second-order valence-electron chi connectivity index (χ2n) is 6.42. The van der Waals surface area contributed by atoms with E-state index in [-0.39, 0.29) is 34.8 Å². The first-order valence-electron chi connectivity index (χ1n) is 9.03. The fourth-order valence-corrected chi connectivity index (χ4v) is 4.41. The number of hydrogen-bond donors (Lipinski definition) is 0. The van der Waals surface area contributed by atoms with E-state index in [9.17, 15) is 9.18 Å². The average molecular weight is 475 g/mol. The summed E-state index contributed by atoms with van der Waals surface area (Å²) in [5, 5.41) is 2.78. The molecule has 2 aromatic carbocycles. The van der Waals surface area contributed by atoms with Crippen molar-refractivity contribution < 1.29 is 13.9 Å². The van der Waals surface area contributed by atoms with Crippen molar-refractivity contribution in [3.8, 4) is 0 Å². The standard InChI is InChI=1S/C22H19FN2O2S.BrH/c1-3-27-21(26)19-14(2)24-22-25(20(19)16-7-5-4-6-8-16)18(13-28-22)15-9-11-17(23)12-10-15;/h4-13,20H,3H2,1-2H3;1H. The van der Waals surface area contributed by atoms with Gasteiger partial charge >= 0.3 is 5.97 Å². The summed E-state index contributed by atoms with van der Waals surface area (Å²) in [4.78, 5) is 19.5. The van der Waals surface area contributed by atoms with Crippen LogP contribution in [0.1, 0.15) is 31.0 Å². The van der Waals surface area contributed by atoms with E-state index in [1.165, 1.54) is 23.9 Å². The molecule has 2 heterocycles. The molecule has 0 saturated heterocycles. The van der Waals surface area contributed by atoms with Crippen LogP contribution < -0.4 is 0 Å². The molecule has 0 bridgehead atoms. The van der Waals surface area contributed by atoms with Crippen molar-refractivity contribution in [2.75, 3.05) is 6.61 Å². The number of amidine groups is 1. The Bertz CT molecular complexity index is 1000. The van der Waals surface area contributed by atoms with Gasteiger partial charge in [0.2, 0.25) is 0 Å². The summed E-state index contributed by atoms with van der Waals surface area (Å²) in [6.45, 7) is 3.92. The second-order valence-corrected chi connectivity index (χ2v) is 7.26. The molecular formula is C22H20BrFN2O2S. The molecule has 1 unspecified atom stereocenters. The van der Waals surface area contributed by atoms with E-state index in [4.69, 9.17) is 4.74 Å². The fraction of sp³-hybridized carbons (Fsp3) is 0.182. The lowest BCUT2D eigenvalue weighted by Crippen LogP contribution is -2.36. The first-order valence-corrected chi connectivity index (χ1v) is 9.91. The molecule has 0 N–H and O–H groups in total.